The van der Waals surface area contributed by atoms with Crippen LogP contribution in [0.3, 0.4) is 0 Å². The Labute approximate surface area is 109 Å². The van der Waals surface area contributed by atoms with Crippen molar-refractivity contribution in [3.63, 3.8) is 0 Å². The first-order chi connectivity index (χ1) is 8.33. The number of thioether (sulfide) groups is 1. The molecule has 2 atom stereocenters. The van der Waals surface area contributed by atoms with Crippen LogP contribution in [-0.2, 0) is 4.79 Å². The smallest absolute Gasteiger partial charge is 0.240 e. The van der Waals surface area contributed by atoms with Crippen LogP contribution in [0.4, 0.5) is 0 Å². The summed E-state index contributed by atoms with van der Waals surface area (Å²) in [6, 6.07) is 0.584. The van der Waals surface area contributed by atoms with Crippen molar-refractivity contribution in [1.29, 1.82) is 0 Å². The lowest BCUT2D eigenvalue weighted by atomic mass is 9.97. The SMILES string of the molecule is CCCC1CCCCN1C(=O)C1CSCCN1. The van der Waals surface area contributed by atoms with Gasteiger partial charge in [0.05, 0.1) is 6.04 Å². The first-order valence-corrected chi connectivity index (χ1v) is 8.10. The summed E-state index contributed by atoms with van der Waals surface area (Å²) in [5, 5.41) is 3.37. The van der Waals surface area contributed by atoms with Crippen LogP contribution in [0.5, 0.6) is 0 Å². The van der Waals surface area contributed by atoms with Gasteiger partial charge in [-0.3, -0.25) is 4.79 Å². The zero-order chi connectivity index (χ0) is 12.1. The molecule has 2 heterocycles. The van der Waals surface area contributed by atoms with Crippen molar-refractivity contribution >= 4 is 17.7 Å². The fourth-order valence-corrected chi connectivity index (χ4v) is 3.77. The van der Waals surface area contributed by atoms with Crippen LogP contribution in [-0.4, -0.2) is 47.5 Å². The number of hydrogen-bond acceptors (Lipinski definition) is 3. The summed E-state index contributed by atoms with van der Waals surface area (Å²) >= 11 is 1.90. The minimum absolute atomic E-state index is 0.0752. The van der Waals surface area contributed by atoms with Crippen LogP contribution in [0.2, 0.25) is 0 Å². The molecule has 1 amide bonds. The second-order valence-electron chi connectivity index (χ2n) is 5.05. The molecule has 2 saturated heterocycles. The van der Waals surface area contributed by atoms with Crippen LogP contribution in [0.15, 0.2) is 0 Å². The molecular weight excluding hydrogens is 232 g/mol. The van der Waals surface area contributed by atoms with E-state index >= 15 is 0 Å². The topological polar surface area (TPSA) is 32.3 Å². The van der Waals surface area contributed by atoms with Crippen molar-refractivity contribution in [2.75, 3.05) is 24.6 Å². The molecule has 2 fully saturated rings. The van der Waals surface area contributed by atoms with Crippen molar-refractivity contribution < 1.29 is 4.79 Å². The fraction of sp³-hybridized carbons (Fsp3) is 0.923. The highest BCUT2D eigenvalue weighted by Crippen LogP contribution is 2.22. The number of rotatable bonds is 3. The fourth-order valence-electron chi connectivity index (χ4n) is 2.85. The van der Waals surface area contributed by atoms with E-state index in [0.29, 0.717) is 11.9 Å². The van der Waals surface area contributed by atoms with Gasteiger partial charge in [0.15, 0.2) is 0 Å². The molecule has 2 unspecified atom stereocenters. The zero-order valence-electron chi connectivity index (χ0n) is 10.8. The Hall–Kier alpha value is -0.220. The molecule has 0 spiro atoms. The van der Waals surface area contributed by atoms with Crippen molar-refractivity contribution in [2.45, 2.75) is 51.1 Å². The highest BCUT2D eigenvalue weighted by molar-refractivity contribution is 7.99. The number of piperidine rings is 1. The number of hydrogen-bond donors (Lipinski definition) is 1. The second-order valence-corrected chi connectivity index (χ2v) is 6.20. The number of nitrogens with one attached hydrogen (secondary N) is 1. The monoisotopic (exact) mass is 256 g/mol. The molecule has 0 radical (unpaired) electrons. The highest BCUT2D eigenvalue weighted by Gasteiger charge is 2.31. The average Bonchev–Trinajstić information content (AvgIpc) is 2.40. The lowest BCUT2D eigenvalue weighted by molar-refractivity contribution is -0.136. The maximum Gasteiger partial charge on any atom is 0.240 e. The third-order valence-electron chi connectivity index (χ3n) is 3.75. The van der Waals surface area contributed by atoms with Gasteiger partial charge in [-0.05, 0) is 25.7 Å². The number of carbonyl (C=O) groups is 1. The molecule has 0 aromatic heterocycles. The van der Waals surface area contributed by atoms with Crippen molar-refractivity contribution in [1.82, 2.24) is 10.2 Å². The molecule has 0 aromatic rings. The molecule has 0 aromatic carbocycles. The minimum atomic E-state index is 0.0752. The molecule has 98 valence electrons. The van der Waals surface area contributed by atoms with Crippen molar-refractivity contribution in [2.24, 2.45) is 0 Å². The van der Waals surface area contributed by atoms with Gasteiger partial charge in [0.2, 0.25) is 5.91 Å². The summed E-state index contributed by atoms with van der Waals surface area (Å²) in [7, 11) is 0. The molecular formula is C13H24N2OS. The van der Waals surface area contributed by atoms with E-state index in [1.54, 1.807) is 0 Å². The molecule has 4 heteroatoms. The Morgan fingerprint density at radius 3 is 3.06 bits per heavy atom. The van der Waals surface area contributed by atoms with Gasteiger partial charge in [-0.15, -0.1) is 0 Å². The first kappa shape index (κ1) is 13.2. The van der Waals surface area contributed by atoms with Crippen molar-refractivity contribution in [3.05, 3.63) is 0 Å². The Bertz CT molecular complexity index is 252. The van der Waals surface area contributed by atoms with E-state index in [0.717, 1.165) is 24.6 Å². The number of likely N-dealkylation sites (tertiary alicyclic amines) is 1. The Morgan fingerprint density at radius 1 is 1.47 bits per heavy atom. The standard InChI is InChI=1S/C13H24N2OS/c1-2-5-11-6-3-4-8-15(11)13(16)12-10-17-9-7-14-12/h11-12,14H,2-10H2,1H3. The summed E-state index contributed by atoms with van der Waals surface area (Å²) in [5.41, 5.74) is 0. The van der Waals surface area contributed by atoms with Gasteiger partial charge in [0.25, 0.3) is 0 Å². The molecule has 1 N–H and O–H groups in total. The molecule has 2 aliphatic heterocycles. The first-order valence-electron chi connectivity index (χ1n) is 6.94. The van der Waals surface area contributed by atoms with Crippen LogP contribution >= 0.6 is 11.8 Å². The molecule has 17 heavy (non-hydrogen) atoms. The summed E-state index contributed by atoms with van der Waals surface area (Å²) in [5.74, 6) is 2.45. The Morgan fingerprint density at radius 2 is 2.35 bits per heavy atom. The summed E-state index contributed by atoms with van der Waals surface area (Å²) in [6.45, 7) is 4.17. The lowest BCUT2D eigenvalue weighted by Gasteiger charge is -2.38. The van der Waals surface area contributed by atoms with E-state index < -0.39 is 0 Å². The van der Waals surface area contributed by atoms with E-state index in [9.17, 15) is 4.79 Å². The van der Waals surface area contributed by atoms with E-state index in [4.69, 9.17) is 0 Å². The summed E-state index contributed by atoms with van der Waals surface area (Å²) < 4.78 is 0. The highest BCUT2D eigenvalue weighted by atomic mass is 32.2. The summed E-state index contributed by atoms with van der Waals surface area (Å²) in [4.78, 5) is 14.7. The zero-order valence-corrected chi connectivity index (χ0v) is 11.6. The van der Waals surface area contributed by atoms with Gasteiger partial charge in [-0.2, -0.15) is 11.8 Å². The molecule has 0 bridgehead atoms. The lowest BCUT2D eigenvalue weighted by Crippen LogP contribution is -2.54. The largest absolute Gasteiger partial charge is 0.338 e. The normalized spacial score (nSPS) is 30.3. The van der Waals surface area contributed by atoms with Crippen LogP contribution < -0.4 is 5.32 Å². The Kier molecular flexibility index (Phi) is 5.16. The Balaban J connectivity index is 1.94. The predicted molar refractivity (Wildman–Crippen MR) is 73.4 cm³/mol. The molecule has 0 saturated carbocycles. The second kappa shape index (κ2) is 6.64. The predicted octanol–water partition coefficient (Wildman–Crippen LogP) is 1.87. The van der Waals surface area contributed by atoms with Gasteiger partial charge in [-0.25, -0.2) is 0 Å². The number of nitrogens with zero attached hydrogens (tertiary/aromatic N) is 1. The third kappa shape index (κ3) is 3.38. The van der Waals surface area contributed by atoms with Crippen LogP contribution in [0.25, 0.3) is 0 Å². The molecule has 2 rings (SSSR count). The van der Waals surface area contributed by atoms with Crippen molar-refractivity contribution in [3.8, 4) is 0 Å². The molecule has 0 aliphatic carbocycles. The molecule has 3 nitrogen and oxygen atoms in total. The van der Waals surface area contributed by atoms with Crippen LogP contribution in [0.1, 0.15) is 39.0 Å². The quantitative estimate of drug-likeness (QED) is 0.837. The number of carbonyl (C=O) groups excluding carboxylic acids is 1. The summed E-state index contributed by atoms with van der Waals surface area (Å²) in [6.07, 6.45) is 6.04. The van der Waals surface area contributed by atoms with Gasteiger partial charge >= 0.3 is 0 Å². The van der Waals surface area contributed by atoms with E-state index in [1.807, 2.05) is 11.8 Å². The average molecular weight is 256 g/mol. The maximum absolute atomic E-state index is 12.5. The third-order valence-corrected chi connectivity index (χ3v) is 4.81. The maximum atomic E-state index is 12.5. The van der Waals surface area contributed by atoms with E-state index in [1.165, 1.54) is 32.1 Å². The van der Waals surface area contributed by atoms with Gasteiger partial charge in [-0.1, -0.05) is 13.3 Å². The van der Waals surface area contributed by atoms with Gasteiger partial charge < -0.3 is 10.2 Å². The molecule has 2 aliphatic rings. The van der Waals surface area contributed by atoms with E-state index in [-0.39, 0.29) is 6.04 Å². The van der Waals surface area contributed by atoms with Crippen LogP contribution in [0, 0.1) is 0 Å². The van der Waals surface area contributed by atoms with Gasteiger partial charge in [0.1, 0.15) is 0 Å². The number of amides is 1. The van der Waals surface area contributed by atoms with E-state index in [2.05, 4.69) is 17.1 Å². The minimum Gasteiger partial charge on any atom is -0.338 e. The van der Waals surface area contributed by atoms with Gasteiger partial charge in [0, 0.05) is 30.6 Å².